The minimum absolute atomic E-state index is 0.518. The molecule has 0 N–H and O–H groups in total. The summed E-state index contributed by atoms with van der Waals surface area (Å²) >= 11 is 1.86. The molecule has 2 aliphatic rings. The van der Waals surface area contributed by atoms with Gasteiger partial charge in [-0.2, -0.15) is 0 Å². The lowest BCUT2D eigenvalue weighted by Crippen LogP contribution is -2.36. The van der Waals surface area contributed by atoms with Crippen LogP contribution in [0.25, 0.3) is 31.3 Å². The Morgan fingerprint density at radius 2 is 1.02 bits per heavy atom. The molecule has 9 aromatic rings. The van der Waals surface area contributed by atoms with Gasteiger partial charge in [0.1, 0.15) is 0 Å². The SMILES string of the molecule is c1ccc(N(c2ccc3sc4ccccc4c3c2)c2cccc3c2-c2ccccc2C32c3ccccc3N(c3ccccc3)c3ccccc32)cc1. The summed E-state index contributed by atoms with van der Waals surface area (Å²) in [5.41, 5.74) is 14.2. The second-order valence-corrected chi connectivity index (χ2v) is 14.7. The normalized spacial score (nSPS) is 13.5. The maximum absolute atomic E-state index is 2.47. The quantitative estimate of drug-likeness (QED) is 0.183. The summed E-state index contributed by atoms with van der Waals surface area (Å²) in [6.45, 7) is 0. The van der Waals surface area contributed by atoms with E-state index in [1.165, 1.54) is 70.6 Å². The van der Waals surface area contributed by atoms with Crippen LogP contribution in [0, 0.1) is 0 Å². The Hall–Kier alpha value is -6.42. The van der Waals surface area contributed by atoms with Gasteiger partial charge in [-0.25, -0.2) is 0 Å². The lowest BCUT2D eigenvalue weighted by molar-refractivity contribution is 0.752. The average molecular weight is 681 g/mol. The number of benzene rings is 8. The van der Waals surface area contributed by atoms with Crippen molar-refractivity contribution in [3.63, 3.8) is 0 Å². The minimum Gasteiger partial charge on any atom is -0.310 e. The molecule has 2 heterocycles. The predicted molar refractivity (Wildman–Crippen MR) is 220 cm³/mol. The van der Waals surface area contributed by atoms with Crippen molar-refractivity contribution >= 4 is 65.6 Å². The van der Waals surface area contributed by atoms with Crippen molar-refractivity contribution in [2.24, 2.45) is 0 Å². The number of nitrogens with zero attached hydrogens (tertiary/aromatic N) is 2. The van der Waals surface area contributed by atoms with Gasteiger partial charge in [0.25, 0.3) is 0 Å². The molecule has 0 fully saturated rings. The maximum atomic E-state index is 2.47. The van der Waals surface area contributed by atoms with Gasteiger partial charge in [0.05, 0.1) is 22.5 Å². The lowest BCUT2D eigenvalue weighted by Gasteiger charge is -2.45. The van der Waals surface area contributed by atoms with E-state index in [9.17, 15) is 0 Å². The van der Waals surface area contributed by atoms with Gasteiger partial charge in [-0.15, -0.1) is 11.3 Å². The summed E-state index contributed by atoms with van der Waals surface area (Å²) in [6.07, 6.45) is 0. The molecular formula is C49H32N2S. The third-order valence-electron chi connectivity index (χ3n) is 11.0. The fraction of sp³-hybridized carbons (Fsp3) is 0.0204. The fourth-order valence-electron chi connectivity index (χ4n) is 9.03. The van der Waals surface area contributed by atoms with Crippen molar-refractivity contribution < 1.29 is 0 Å². The highest BCUT2D eigenvalue weighted by atomic mass is 32.1. The predicted octanol–water partition coefficient (Wildman–Crippen LogP) is 13.7. The monoisotopic (exact) mass is 680 g/mol. The molecule has 0 unspecified atom stereocenters. The number of hydrogen-bond acceptors (Lipinski definition) is 3. The summed E-state index contributed by atoms with van der Waals surface area (Å²) in [6, 6.07) is 71.5. The first-order valence-electron chi connectivity index (χ1n) is 17.9. The van der Waals surface area contributed by atoms with E-state index >= 15 is 0 Å². The van der Waals surface area contributed by atoms with Gasteiger partial charge < -0.3 is 9.80 Å². The summed E-state index contributed by atoms with van der Waals surface area (Å²) in [7, 11) is 0. The molecule has 8 aromatic carbocycles. The van der Waals surface area contributed by atoms with Gasteiger partial charge in [0.15, 0.2) is 0 Å². The number of rotatable bonds is 4. The lowest BCUT2D eigenvalue weighted by atomic mass is 9.64. The molecule has 1 aromatic heterocycles. The van der Waals surface area contributed by atoms with Crippen LogP contribution in [-0.2, 0) is 5.41 Å². The van der Waals surface area contributed by atoms with Crippen LogP contribution in [0.5, 0.6) is 0 Å². The standard InChI is InChI=1S/C49H32N2S/c1-3-16-33(17-4-1)50(35-30-31-47-38(32-35)36-20-8-14-29-46(36)52-47)45-28-15-25-42-48(45)37-21-7-9-22-39(37)49(42)40-23-10-12-26-43(40)51(34-18-5-2-6-19-34)44-27-13-11-24-41(44)49/h1-32H. The zero-order valence-electron chi connectivity index (χ0n) is 28.3. The van der Waals surface area contributed by atoms with Crippen LogP contribution < -0.4 is 9.80 Å². The van der Waals surface area contributed by atoms with Crippen molar-refractivity contribution in [2.75, 3.05) is 9.80 Å². The Morgan fingerprint density at radius 3 is 1.79 bits per heavy atom. The first kappa shape index (κ1) is 29.3. The largest absolute Gasteiger partial charge is 0.310 e. The molecule has 0 amide bonds. The minimum atomic E-state index is -0.518. The summed E-state index contributed by atoms with van der Waals surface area (Å²) in [5.74, 6) is 0. The highest BCUT2D eigenvalue weighted by Gasteiger charge is 2.52. The molecule has 0 atom stereocenters. The third kappa shape index (κ3) is 4.00. The second-order valence-electron chi connectivity index (χ2n) is 13.7. The second kappa shape index (κ2) is 11.3. The van der Waals surface area contributed by atoms with E-state index in [0.717, 1.165) is 17.1 Å². The highest BCUT2D eigenvalue weighted by Crippen LogP contribution is 2.65. The van der Waals surface area contributed by atoms with Gasteiger partial charge in [-0.1, -0.05) is 127 Å². The number of fused-ring (bicyclic) bond motifs is 12. The van der Waals surface area contributed by atoms with Crippen LogP contribution >= 0.6 is 11.3 Å². The smallest absolute Gasteiger partial charge is 0.0755 e. The van der Waals surface area contributed by atoms with Crippen LogP contribution in [-0.4, -0.2) is 0 Å². The Bertz CT molecular complexity index is 2770. The summed E-state index contributed by atoms with van der Waals surface area (Å²) < 4.78 is 2.62. The molecule has 11 rings (SSSR count). The average Bonchev–Trinajstić information content (AvgIpc) is 3.73. The van der Waals surface area contributed by atoms with Crippen LogP contribution in [0.1, 0.15) is 22.3 Å². The molecular weight excluding hydrogens is 649 g/mol. The first-order chi connectivity index (χ1) is 25.8. The Balaban J connectivity index is 1.23. The molecule has 52 heavy (non-hydrogen) atoms. The summed E-state index contributed by atoms with van der Waals surface area (Å²) in [4.78, 5) is 4.91. The van der Waals surface area contributed by atoms with Crippen molar-refractivity contribution in [3.8, 4) is 11.1 Å². The molecule has 0 bridgehead atoms. The van der Waals surface area contributed by atoms with Gasteiger partial charge in [-0.05, 0) is 94.5 Å². The molecule has 1 aliphatic carbocycles. The Kier molecular flexibility index (Phi) is 6.37. The molecule has 0 radical (unpaired) electrons. The van der Waals surface area contributed by atoms with E-state index in [-0.39, 0.29) is 0 Å². The van der Waals surface area contributed by atoms with E-state index < -0.39 is 5.41 Å². The van der Waals surface area contributed by atoms with E-state index in [1.54, 1.807) is 0 Å². The molecule has 0 saturated carbocycles. The maximum Gasteiger partial charge on any atom is 0.0755 e. The van der Waals surface area contributed by atoms with Gasteiger partial charge in [0.2, 0.25) is 0 Å². The first-order valence-corrected chi connectivity index (χ1v) is 18.7. The van der Waals surface area contributed by atoms with Crippen molar-refractivity contribution in [1.29, 1.82) is 0 Å². The van der Waals surface area contributed by atoms with Crippen molar-refractivity contribution in [2.45, 2.75) is 5.41 Å². The van der Waals surface area contributed by atoms with E-state index in [0.29, 0.717) is 0 Å². The van der Waals surface area contributed by atoms with E-state index in [4.69, 9.17) is 0 Å². The molecule has 2 nitrogen and oxygen atoms in total. The number of hydrogen-bond donors (Lipinski definition) is 0. The Morgan fingerprint density at radius 1 is 0.423 bits per heavy atom. The zero-order chi connectivity index (χ0) is 34.2. The van der Waals surface area contributed by atoms with Crippen LogP contribution in [0.2, 0.25) is 0 Å². The number of anilines is 6. The molecule has 1 aliphatic heterocycles. The fourth-order valence-corrected chi connectivity index (χ4v) is 10.1. The van der Waals surface area contributed by atoms with Gasteiger partial charge in [-0.3, -0.25) is 0 Å². The van der Waals surface area contributed by atoms with Crippen LogP contribution in [0.4, 0.5) is 34.1 Å². The zero-order valence-corrected chi connectivity index (χ0v) is 29.1. The van der Waals surface area contributed by atoms with Crippen LogP contribution in [0.15, 0.2) is 194 Å². The van der Waals surface area contributed by atoms with Gasteiger partial charge >= 0.3 is 0 Å². The third-order valence-corrected chi connectivity index (χ3v) is 12.2. The highest BCUT2D eigenvalue weighted by molar-refractivity contribution is 7.25. The van der Waals surface area contributed by atoms with E-state index in [1.807, 2.05) is 11.3 Å². The topological polar surface area (TPSA) is 6.48 Å². The number of thiophene rings is 1. The Labute approximate surface area is 307 Å². The molecule has 0 saturated heterocycles. The van der Waals surface area contributed by atoms with Crippen molar-refractivity contribution in [3.05, 3.63) is 216 Å². The molecule has 3 heteroatoms. The van der Waals surface area contributed by atoms with Gasteiger partial charge in [0, 0.05) is 42.8 Å². The van der Waals surface area contributed by atoms with Crippen LogP contribution in [0.3, 0.4) is 0 Å². The molecule has 1 spiro atoms. The van der Waals surface area contributed by atoms with Crippen molar-refractivity contribution in [1.82, 2.24) is 0 Å². The van der Waals surface area contributed by atoms with E-state index in [2.05, 4.69) is 204 Å². The summed E-state index contributed by atoms with van der Waals surface area (Å²) in [5, 5.41) is 2.60. The number of para-hydroxylation sites is 4. The molecule has 244 valence electrons.